The number of benzene rings is 1. The van der Waals surface area contributed by atoms with Gasteiger partial charge in [-0.05, 0) is 40.5 Å². The number of aromatic amines is 1. The molecule has 0 bridgehead atoms. The van der Waals surface area contributed by atoms with Gasteiger partial charge in [-0.2, -0.15) is 5.26 Å². The second-order valence-electron chi connectivity index (χ2n) is 5.88. The summed E-state index contributed by atoms with van der Waals surface area (Å²) in [6.07, 6.45) is 0. The van der Waals surface area contributed by atoms with Crippen molar-refractivity contribution in [2.75, 3.05) is 0 Å². The van der Waals surface area contributed by atoms with Crippen molar-refractivity contribution >= 4 is 33.2 Å². The number of thiophene rings is 1. The molecule has 124 valence electrons. The highest BCUT2D eigenvalue weighted by Gasteiger charge is 2.41. The average molecular weight is 413 g/mol. The monoisotopic (exact) mass is 412 g/mol. The molecule has 2 N–H and O–H groups in total. The van der Waals surface area contributed by atoms with Crippen LogP contribution in [0, 0.1) is 29.6 Å². The van der Waals surface area contributed by atoms with Gasteiger partial charge in [0, 0.05) is 4.88 Å². The van der Waals surface area contributed by atoms with Crippen molar-refractivity contribution in [3.63, 3.8) is 0 Å². The Balaban J connectivity index is 1.92. The lowest BCUT2D eigenvalue weighted by molar-refractivity contribution is 0.439. The van der Waals surface area contributed by atoms with Crippen LogP contribution < -0.4 is 4.74 Å². The maximum absolute atomic E-state index is 9.65. The summed E-state index contributed by atoms with van der Waals surface area (Å²) in [4.78, 5) is 1.00. The molecule has 1 aliphatic rings. The maximum Gasteiger partial charge on any atom is 0.244 e. The third-order valence-corrected chi connectivity index (χ3v) is 5.99. The van der Waals surface area contributed by atoms with Crippen LogP contribution in [0.2, 0.25) is 0 Å². The molecule has 4 rings (SSSR count). The molecule has 0 amide bonds. The van der Waals surface area contributed by atoms with Crippen LogP contribution in [0.15, 0.2) is 40.2 Å². The zero-order valence-corrected chi connectivity index (χ0v) is 15.6. The highest BCUT2D eigenvalue weighted by Crippen LogP contribution is 2.47. The Morgan fingerprint density at radius 2 is 2.04 bits per heavy atom. The molecule has 7 heteroatoms. The second-order valence-corrected chi connectivity index (χ2v) is 8.37. The van der Waals surface area contributed by atoms with E-state index in [2.05, 4.69) is 32.2 Å². The number of nitriles is 1. The largest absolute Gasteiger partial charge is 0.422 e. The van der Waals surface area contributed by atoms with Gasteiger partial charge >= 0.3 is 0 Å². The maximum atomic E-state index is 9.65. The number of nitrogens with zero attached hydrogens (tertiary/aromatic N) is 2. The molecule has 25 heavy (non-hydrogen) atoms. The van der Waals surface area contributed by atoms with Crippen LogP contribution in [-0.4, -0.2) is 16.1 Å². The van der Waals surface area contributed by atoms with E-state index in [1.54, 1.807) is 11.3 Å². The van der Waals surface area contributed by atoms with E-state index in [0.29, 0.717) is 5.88 Å². The second kappa shape index (κ2) is 6.14. The van der Waals surface area contributed by atoms with Gasteiger partial charge in [-0.3, -0.25) is 10.5 Å². The van der Waals surface area contributed by atoms with Gasteiger partial charge in [-0.1, -0.05) is 29.8 Å². The standard InChI is InChI=1S/C18H13BrN4OS/c1-9-2-4-10(5-3-9)16-15-14(12-6-7-13(19)25-12)11(8-20)17(21)24-18(15)23-22-16/h2-7,11,14,21H,1H3,(H,22,23). The van der Waals surface area contributed by atoms with Gasteiger partial charge in [0.25, 0.3) is 0 Å². The fraction of sp³-hybridized carbons (Fsp3) is 0.167. The quantitative estimate of drug-likeness (QED) is 0.630. The van der Waals surface area contributed by atoms with E-state index in [-0.39, 0.29) is 11.8 Å². The summed E-state index contributed by atoms with van der Waals surface area (Å²) in [7, 11) is 0. The number of hydrogen-bond acceptors (Lipinski definition) is 5. The number of aromatic nitrogens is 2. The first-order valence-corrected chi connectivity index (χ1v) is 9.26. The van der Waals surface area contributed by atoms with Crippen LogP contribution in [0.5, 0.6) is 5.88 Å². The smallest absolute Gasteiger partial charge is 0.244 e. The third kappa shape index (κ3) is 2.68. The van der Waals surface area contributed by atoms with Crippen molar-refractivity contribution in [3.05, 3.63) is 56.2 Å². The Morgan fingerprint density at radius 3 is 2.68 bits per heavy atom. The molecule has 0 saturated carbocycles. The fourth-order valence-electron chi connectivity index (χ4n) is 3.06. The molecule has 5 nitrogen and oxygen atoms in total. The van der Waals surface area contributed by atoms with Crippen LogP contribution in [0.4, 0.5) is 0 Å². The van der Waals surface area contributed by atoms with E-state index < -0.39 is 5.92 Å². The van der Waals surface area contributed by atoms with Crippen molar-refractivity contribution in [1.82, 2.24) is 10.2 Å². The molecule has 0 radical (unpaired) electrons. The van der Waals surface area contributed by atoms with E-state index in [1.807, 2.05) is 43.3 Å². The zero-order chi connectivity index (χ0) is 17.6. The van der Waals surface area contributed by atoms with Crippen LogP contribution in [-0.2, 0) is 0 Å². The molecular weight excluding hydrogens is 400 g/mol. The summed E-state index contributed by atoms with van der Waals surface area (Å²) in [5, 5.41) is 25.0. The minimum atomic E-state index is -0.681. The van der Waals surface area contributed by atoms with Crippen LogP contribution in [0.1, 0.15) is 21.9 Å². The predicted octanol–water partition coefficient (Wildman–Crippen LogP) is 4.85. The van der Waals surface area contributed by atoms with E-state index >= 15 is 0 Å². The van der Waals surface area contributed by atoms with Crippen LogP contribution in [0.3, 0.4) is 0 Å². The average Bonchev–Trinajstić information content (AvgIpc) is 3.20. The van der Waals surface area contributed by atoms with Gasteiger partial charge in [0.15, 0.2) is 0 Å². The number of hydrogen-bond donors (Lipinski definition) is 2. The SMILES string of the molecule is Cc1ccc(-c2[nH]nc3c2C(c2ccc(Br)s2)C(C#N)C(=N)O3)cc1. The lowest BCUT2D eigenvalue weighted by Crippen LogP contribution is -2.30. The minimum Gasteiger partial charge on any atom is -0.422 e. The van der Waals surface area contributed by atoms with E-state index in [0.717, 1.165) is 25.5 Å². The summed E-state index contributed by atoms with van der Waals surface area (Å²) >= 11 is 5.05. The first kappa shape index (κ1) is 16.1. The fourth-order valence-corrected chi connectivity index (χ4v) is 4.63. The molecule has 0 spiro atoms. The number of rotatable bonds is 2. The highest BCUT2D eigenvalue weighted by molar-refractivity contribution is 9.11. The summed E-state index contributed by atoms with van der Waals surface area (Å²) < 4.78 is 6.52. The number of nitrogens with one attached hydrogen (secondary N) is 2. The molecule has 1 aromatic carbocycles. The summed E-state index contributed by atoms with van der Waals surface area (Å²) in [5.41, 5.74) is 3.82. The predicted molar refractivity (Wildman–Crippen MR) is 100 cm³/mol. The highest BCUT2D eigenvalue weighted by atomic mass is 79.9. The number of H-pyrrole nitrogens is 1. The Bertz CT molecular complexity index is 999. The van der Waals surface area contributed by atoms with Crippen molar-refractivity contribution in [2.24, 2.45) is 5.92 Å². The Morgan fingerprint density at radius 1 is 1.28 bits per heavy atom. The van der Waals surface area contributed by atoms with Gasteiger partial charge in [0.05, 0.1) is 27.0 Å². The Hall–Kier alpha value is -2.43. The van der Waals surface area contributed by atoms with Crippen molar-refractivity contribution in [3.8, 4) is 23.2 Å². The van der Waals surface area contributed by atoms with Gasteiger partial charge in [-0.15, -0.1) is 16.4 Å². The topological polar surface area (TPSA) is 85.5 Å². The third-order valence-electron chi connectivity index (χ3n) is 4.28. The molecule has 2 atom stereocenters. The summed E-state index contributed by atoms with van der Waals surface area (Å²) in [6.45, 7) is 2.04. The number of aryl methyl sites for hydroxylation is 1. The van der Waals surface area contributed by atoms with Gasteiger partial charge < -0.3 is 4.74 Å². The zero-order valence-electron chi connectivity index (χ0n) is 13.2. The summed E-state index contributed by atoms with van der Waals surface area (Å²) in [5.74, 6) is -0.652. The Labute approximate surface area is 156 Å². The molecule has 1 aliphatic heterocycles. The molecule has 3 aromatic rings. The van der Waals surface area contributed by atoms with E-state index in [9.17, 15) is 5.26 Å². The van der Waals surface area contributed by atoms with Crippen molar-refractivity contribution in [1.29, 1.82) is 10.7 Å². The van der Waals surface area contributed by atoms with Gasteiger partial charge in [0.1, 0.15) is 5.92 Å². The van der Waals surface area contributed by atoms with Crippen LogP contribution in [0.25, 0.3) is 11.3 Å². The number of fused-ring (bicyclic) bond motifs is 1. The normalized spacial score (nSPS) is 19.2. The van der Waals surface area contributed by atoms with Crippen LogP contribution >= 0.6 is 27.3 Å². The van der Waals surface area contributed by atoms with Crippen molar-refractivity contribution in [2.45, 2.75) is 12.8 Å². The first-order valence-electron chi connectivity index (χ1n) is 7.65. The molecule has 0 aliphatic carbocycles. The van der Waals surface area contributed by atoms with Crippen molar-refractivity contribution < 1.29 is 4.74 Å². The Kier molecular flexibility index (Phi) is 3.94. The molecule has 2 aromatic heterocycles. The number of halogens is 1. The number of ether oxygens (including phenoxy) is 1. The van der Waals surface area contributed by atoms with E-state index in [4.69, 9.17) is 10.1 Å². The van der Waals surface area contributed by atoms with Gasteiger partial charge in [0.2, 0.25) is 11.8 Å². The summed E-state index contributed by atoms with van der Waals surface area (Å²) in [6, 6.07) is 14.3. The lowest BCUT2D eigenvalue weighted by Gasteiger charge is -2.27. The molecule has 0 saturated heterocycles. The van der Waals surface area contributed by atoms with E-state index in [1.165, 1.54) is 5.56 Å². The molecule has 2 unspecified atom stereocenters. The molecule has 3 heterocycles. The van der Waals surface area contributed by atoms with Gasteiger partial charge in [-0.25, -0.2) is 0 Å². The minimum absolute atomic E-state index is 0.0634. The molecular formula is C18H13BrN4OS. The first-order chi connectivity index (χ1) is 12.1. The molecule has 0 fully saturated rings. The lowest BCUT2D eigenvalue weighted by atomic mass is 9.82.